The summed E-state index contributed by atoms with van der Waals surface area (Å²) in [4.78, 5) is 14.1. The molecule has 0 bridgehead atoms. The fourth-order valence-electron chi connectivity index (χ4n) is 3.00. The van der Waals surface area contributed by atoms with Gasteiger partial charge >= 0.3 is 0 Å². The van der Waals surface area contributed by atoms with E-state index in [0.717, 1.165) is 18.4 Å². The Labute approximate surface area is 137 Å². The zero-order chi connectivity index (χ0) is 16.1. The van der Waals surface area contributed by atoms with Crippen molar-refractivity contribution < 1.29 is 14.6 Å². The predicted molar refractivity (Wildman–Crippen MR) is 86.8 cm³/mol. The second kappa shape index (κ2) is 7.95. The van der Waals surface area contributed by atoms with Gasteiger partial charge in [-0.05, 0) is 36.5 Å². The van der Waals surface area contributed by atoms with Gasteiger partial charge in [0.1, 0.15) is 0 Å². The highest BCUT2D eigenvalue weighted by molar-refractivity contribution is 6.30. The lowest BCUT2D eigenvalue weighted by Gasteiger charge is -2.35. The number of hydrogen-bond acceptors (Lipinski definition) is 3. The third-order valence-corrected chi connectivity index (χ3v) is 4.60. The number of carbonyl (C=O) groups excluding carboxylic acids is 1. The van der Waals surface area contributed by atoms with Crippen LogP contribution in [0.2, 0.25) is 5.02 Å². The molecule has 1 aliphatic rings. The molecule has 1 aromatic rings. The van der Waals surface area contributed by atoms with Crippen LogP contribution in [0.1, 0.15) is 31.4 Å². The van der Waals surface area contributed by atoms with E-state index < -0.39 is 6.10 Å². The van der Waals surface area contributed by atoms with Gasteiger partial charge < -0.3 is 14.7 Å². The van der Waals surface area contributed by atoms with Gasteiger partial charge in [-0.1, -0.05) is 30.7 Å². The molecule has 1 aliphatic heterocycles. The Bertz CT molecular complexity index is 483. The summed E-state index contributed by atoms with van der Waals surface area (Å²) >= 11 is 5.88. The summed E-state index contributed by atoms with van der Waals surface area (Å²) in [5, 5.41) is 11.2. The molecule has 0 saturated carbocycles. The average molecular weight is 326 g/mol. The number of nitrogens with zero attached hydrogens (tertiary/aromatic N) is 1. The SMILES string of the molecule is COCC(C)C(=O)N1CCC(C(O)c2ccc(Cl)cc2)CC1. The van der Waals surface area contributed by atoms with Crippen LogP contribution in [0.3, 0.4) is 0 Å². The summed E-state index contributed by atoms with van der Waals surface area (Å²) in [6, 6.07) is 7.33. The number of piperidine rings is 1. The zero-order valence-corrected chi connectivity index (χ0v) is 13.9. The molecule has 0 aromatic heterocycles. The Morgan fingerprint density at radius 2 is 1.95 bits per heavy atom. The third kappa shape index (κ3) is 4.22. The van der Waals surface area contributed by atoms with Crippen molar-refractivity contribution in [2.75, 3.05) is 26.8 Å². The van der Waals surface area contributed by atoms with E-state index in [-0.39, 0.29) is 17.7 Å². The lowest BCUT2D eigenvalue weighted by Crippen LogP contribution is -2.43. The van der Waals surface area contributed by atoms with E-state index >= 15 is 0 Å². The maximum absolute atomic E-state index is 12.2. The summed E-state index contributed by atoms with van der Waals surface area (Å²) in [5.41, 5.74) is 0.891. The molecule has 1 saturated heterocycles. The van der Waals surface area contributed by atoms with Gasteiger partial charge in [0.05, 0.1) is 18.6 Å². The van der Waals surface area contributed by atoms with Crippen molar-refractivity contribution in [2.24, 2.45) is 11.8 Å². The molecule has 1 amide bonds. The molecule has 1 aromatic carbocycles. The Morgan fingerprint density at radius 3 is 2.50 bits per heavy atom. The van der Waals surface area contributed by atoms with Crippen LogP contribution < -0.4 is 0 Å². The van der Waals surface area contributed by atoms with Crippen LogP contribution >= 0.6 is 11.6 Å². The van der Waals surface area contributed by atoms with Crippen molar-refractivity contribution in [3.8, 4) is 0 Å². The third-order valence-electron chi connectivity index (χ3n) is 4.35. The van der Waals surface area contributed by atoms with E-state index in [9.17, 15) is 9.90 Å². The lowest BCUT2D eigenvalue weighted by molar-refractivity contribution is -0.138. The molecule has 5 heteroatoms. The molecule has 0 spiro atoms. The summed E-state index contributed by atoms with van der Waals surface area (Å²) in [7, 11) is 1.61. The molecular weight excluding hydrogens is 302 g/mol. The number of amides is 1. The standard InChI is InChI=1S/C17H24ClNO3/c1-12(11-22-2)17(21)19-9-7-14(8-10-19)16(20)13-3-5-15(18)6-4-13/h3-6,12,14,16,20H,7-11H2,1-2H3. The fraction of sp³-hybridized carbons (Fsp3) is 0.588. The van der Waals surface area contributed by atoms with E-state index in [2.05, 4.69) is 0 Å². The van der Waals surface area contributed by atoms with Gasteiger partial charge in [-0.2, -0.15) is 0 Å². The van der Waals surface area contributed by atoms with Crippen molar-refractivity contribution in [3.05, 3.63) is 34.9 Å². The molecule has 1 fully saturated rings. The number of carbonyl (C=O) groups is 1. The number of ether oxygens (including phenoxy) is 1. The van der Waals surface area contributed by atoms with Gasteiger partial charge in [0.2, 0.25) is 5.91 Å². The lowest BCUT2D eigenvalue weighted by atomic mass is 9.87. The number of likely N-dealkylation sites (tertiary alicyclic amines) is 1. The van der Waals surface area contributed by atoms with E-state index in [1.807, 2.05) is 24.0 Å². The fourth-order valence-corrected chi connectivity index (χ4v) is 3.13. The summed E-state index contributed by atoms with van der Waals surface area (Å²) in [5.74, 6) is 0.215. The highest BCUT2D eigenvalue weighted by atomic mass is 35.5. The van der Waals surface area contributed by atoms with Gasteiger partial charge in [0.25, 0.3) is 0 Å². The number of halogens is 1. The van der Waals surface area contributed by atoms with Crippen LogP contribution in [0.5, 0.6) is 0 Å². The van der Waals surface area contributed by atoms with Crippen LogP contribution in [0, 0.1) is 11.8 Å². The molecule has 122 valence electrons. The van der Waals surface area contributed by atoms with Gasteiger partial charge in [-0.15, -0.1) is 0 Å². The highest BCUT2D eigenvalue weighted by Gasteiger charge is 2.29. The second-order valence-corrected chi connectivity index (χ2v) is 6.45. The second-order valence-electron chi connectivity index (χ2n) is 6.02. The van der Waals surface area contributed by atoms with Crippen LogP contribution in [-0.2, 0) is 9.53 Å². The minimum atomic E-state index is -0.495. The molecule has 22 heavy (non-hydrogen) atoms. The molecule has 0 aliphatic carbocycles. The van der Waals surface area contributed by atoms with Crippen molar-refractivity contribution in [1.82, 2.24) is 4.90 Å². The number of hydrogen-bond donors (Lipinski definition) is 1. The maximum atomic E-state index is 12.2. The minimum Gasteiger partial charge on any atom is -0.388 e. The highest BCUT2D eigenvalue weighted by Crippen LogP contribution is 2.31. The first-order valence-electron chi connectivity index (χ1n) is 7.74. The molecule has 1 heterocycles. The molecular formula is C17H24ClNO3. The topological polar surface area (TPSA) is 49.8 Å². The van der Waals surface area contributed by atoms with Crippen LogP contribution in [0.4, 0.5) is 0 Å². The molecule has 1 N–H and O–H groups in total. The van der Waals surface area contributed by atoms with Crippen LogP contribution in [0.25, 0.3) is 0 Å². The predicted octanol–water partition coefficient (Wildman–Crippen LogP) is 2.89. The summed E-state index contributed by atoms with van der Waals surface area (Å²) < 4.78 is 5.04. The van der Waals surface area contributed by atoms with E-state index in [4.69, 9.17) is 16.3 Å². The van der Waals surface area contributed by atoms with Gasteiger partial charge in [0, 0.05) is 25.2 Å². The van der Waals surface area contributed by atoms with Crippen LogP contribution in [0.15, 0.2) is 24.3 Å². The summed E-state index contributed by atoms with van der Waals surface area (Å²) in [6.45, 7) is 3.73. The van der Waals surface area contributed by atoms with E-state index in [1.54, 1.807) is 19.2 Å². The average Bonchev–Trinajstić information content (AvgIpc) is 2.54. The van der Waals surface area contributed by atoms with E-state index in [1.165, 1.54) is 0 Å². The monoisotopic (exact) mass is 325 g/mol. The van der Waals surface area contributed by atoms with E-state index in [0.29, 0.717) is 24.7 Å². The Hall–Kier alpha value is -1.10. The molecule has 2 atom stereocenters. The largest absolute Gasteiger partial charge is 0.388 e. The molecule has 2 rings (SSSR count). The van der Waals surface area contributed by atoms with Gasteiger partial charge in [-0.25, -0.2) is 0 Å². The number of benzene rings is 1. The Balaban J connectivity index is 1.89. The number of aliphatic hydroxyl groups excluding tert-OH is 1. The van der Waals surface area contributed by atoms with Gasteiger partial charge in [-0.3, -0.25) is 4.79 Å². The molecule has 2 unspecified atom stereocenters. The smallest absolute Gasteiger partial charge is 0.227 e. The first-order valence-corrected chi connectivity index (χ1v) is 8.12. The Morgan fingerprint density at radius 1 is 1.36 bits per heavy atom. The maximum Gasteiger partial charge on any atom is 0.227 e. The number of aliphatic hydroxyl groups is 1. The van der Waals surface area contributed by atoms with Crippen molar-refractivity contribution in [2.45, 2.75) is 25.9 Å². The summed E-state index contributed by atoms with van der Waals surface area (Å²) in [6.07, 6.45) is 1.13. The minimum absolute atomic E-state index is 0.109. The quantitative estimate of drug-likeness (QED) is 0.905. The van der Waals surface area contributed by atoms with Crippen LogP contribution in [-0.4, -0.2) is 42.7 Å². The Kier molecular flexibility index (Phi) is 6.24. The molecule has 0 radical (unpaired) electrons. The zero-order valence-electron chi connectivity index (χ0n) is 13.2. The first kappa shape index (κ1) is 17.3. The number of rotatable bonds is 5. The normalized spacial score (nSPS) is 19.0. The molecule has 4 nitrogen and oxygen atoms in total. The first-order chi connectivity index (χ1) is 10.5. The van der Waals surface area contributed by atoms with Crippen molar-refractivity contribution >= 4 is 17.5 Å². The van der Waals surface area contributed by atoms with Crippen molar-refractivity contribution in [3.63, 3.8) is 0 Å². The number of methoxy groups -OCH3 is 1. The van der Waals surface area contributed by atoms with Gasteiger partial charge in [0.15, 0.2) is 0 Å². The van der Waals surface area contributed by atoms with Crippen molar-refractivity contribution in [1.29, 1.82) is 0 Å².